The molecule has 0 aliphatic carbocycles. The minimum absolute atomic E-state index is 0.00791. The van der Waals surface area contributed by atoms with Crippen molar-refractivity contribution in [1.29, 1.82) is 0 Å². The van der Waals surface area contributed by atoms with Gasteiger partial charge < -0.3 is 42.0 Å². The molecular formula is C33H37N5O7. The van der Waals surface area contributed by atoms with Gasteiger partial charge in [-0.15, -0.1) is 0 Å². The van der Waals surface area contributed by atoms with Gasteiger partial charge >= 0.3 is 5.97 Å². The normalized spacial score (nSPS) is 14.5. The average molecular weight is 616 g/mol. The van der Waals surface area contributed by atoms with Crippen LogP contribution in [0.15, 0.2) is 85.1 Å². The number of fused-ring (bicyclic) bond motifs is 1. The van der Waals surface area contributed by atoms with Crippen molar-refractivity contribution in [3.05, 3.63) is 102 Å². The van der Waals surface area contributed by atoms with Crippen LogP contribution in [-0.4, -0.2) is 74.3 Å². The van der Waals surface area contributed by atoms with Crippen molar-refractivity contribution in [2.75, 3.05) is 0 Å². The second kappa shape index (κ2) is 15.0. The maximum absolute atomic E-state index is 13.7. The lowest BCUT2D eigenvalue weighted by atomic mass is 10.0. The molecular weight excluding hydrogens is 578 g/mol. The lowest BCUT2D eigenvalue weighted by Gasteiger charge is -2.26. The molecule has 4 rings (SSSR count). The van der Waals surface area contributed by atoms with Crippen LogP contribution >= 0.6 is 0 Å². The van der Waals surface area contributed by atoms with E-state index in [-0.39, 0.29) is 25.0 Å². The van der Waals surface area contributed by atoms with Crippen molar-refractivity contribution < 1.29 is 34.5 Å². The first-order chi connectivity index (χ1) is 21.5. The number of carbonyl (C=O) groups excluding carboxylic acids is 3. The van der Waals surface area contributed by atoms with Gasteiger partial charge in [-0.3, -0.25) is 14.4 Å². The van der Waals surface area contributed by atoms with E-state index in [2.05, 4.69) is 20.9 Å². The zero-order valence-corrected chi connectivity index (χ0v) is 24.6. The molecule has 0 aliphatic heterocycles. The third kappa shape index (κ3) is 8.91. The number of amides is 3. The number of H-pyrrole nitrogens is 1. The number of para-hydroxylation sites is 1. The molecule has 1 aromatic heterocycles. The van der Waals surface area contributed by atoms with Crippen molar-refractivity contribution in [1.82, 2.24) is 20.9 Å². The maximum Gasteiger partial charge on any atom is 0.326 e. The number of aromatic hydroxyl groups is 1. The van der Waals surface area contributed by atoms with Gasteiger partial charge in [0.2, 0.25) is 17.7 Å². The summed E-state index contributed by atoms with van der Waals surface area (Å²) in [6, 6.07) is 17.2. The first kappa shape index (κ1) is 32.7. The largest absolute Gasteiger partial charge is 0.508 e. The molecule has 4 aromatic rings. The van der Waals surface area contributed by atoms with E-state index in [4.69, 9.17) is 5.73 Å². The van der Waals surface area contributed by atoms with E-state index in [0.29, 0.717) is 16.7 Å². The van der Waals surface area contributed by atoms with Crippen molar-refractivity contribution in [2.45, 2.75) is 56.5 Å². The van der Waals surface area contributed by atoms with Crippen LogP contribution in [0, 0.1) is 0 Å². The van der Waals surface area contributed by atoms with Gasteiger partial charge in [-0.25, -0.2) is 4.79 Å². The Balaban J connectivity index is 1.58. The number of phenolic OH excluding ortho intramolecular Hbond substituents is 1. The molecule has 3 aromatic carbocycles. The Morgan fingerprint density at radius 1 is 0.733 bits per heavy atom. The van der Waals surface area contributed by atoms with E-state index in [0.717, 1.165) is 10.9 Å². The highest BCUT2D eigenvalue weighted by atomic mass is 16.4. The molecule has 0 bridgehead atoms. The second-order valence-corrected chi connectivity index (χ2v) is 10.9. The van der Waals surface area contributed by atoms with Gasteiger partial charge in [0.05, 0.1) is 6.10 Å². The van der Waals surface area contributed by atoms with E-state index in [9.17, 15) is 34.5 Å². The standard InChI is InChI=1S/C33H37N5O7/c1-19(39)29(34)32(43)37-27(15-20-7-3-2-4-8-20)30(41)36-26(16-21-11-13-23(40)14-12-21)31(42)38-28(33(44)45)17-22-18-35-25-10-6-5-9-24(22)25/h2-14,18-19,26-29,35,39-40H,15-17,34H2,1H3,(H,36,41)(H,37,43)(H,38,42)(H,44,45). The van der Waals surface area contributed by atoms with Crippen LogP contribution < -0.4 is 21.7 Å². The van der Waals surface area contributed by atoms with Gasteiger partial charge in [0, 0.05) is 36.4 Å². The molecule has 1 heterocycles. The van der Waals surface area contributed by atoms with Crippen molar-refractivity contribution in [3.63, 3.8) is 0 Å². The Hall–Kier alpha value is -5.20. The van der Waals surface area contributed by atoms with Crippen LogP contribution in [0.2, 0.25) is 0 Å². The van der Waals surface area contributed by atoms with Crippen LogP contribution in [0.5, 0.6) is 5.75 Å². The summed E-state index contributed by atoms with van der Waals surface area (Å²) < 4.78 is 0. The number of carbonyl (C=O) groups is 4. The van der Waals surface area contributed by atoms with E-state index < -0.39 is 54.0 Å². The molecule has 0 spiro atoms. The molecule has 0 fully saturated rings. The average Bonchev–Trinajstić information content (AvgIpc) is 3.43. The summed E-state index contributed by atoms with van der Waals surface area (Å²) in [5.74, 6) is -3.48. The zero-order chi connectivity index (χ0) is 32.5. The van der Waals surface area contributed by atoms with Crippen molar-refractivity contribution >= 4 is 34.6 Å². The highest BCUT2D eigenvalue weighted by Gasteiger charge is 2.31. The van der Waals surface area contributed by atoms with Crippen molar-refractivity contribution in [2.24, 2.45) is 5.73 Å². The number of nitrogens with one attached hydrogen (secondary N) is 4. The van der Waals surface area contributed by atoms with E-state index in [1.807, 2.05) is 24.3 Å². The number of benzene rings is 3. The Morgan fingerprint density at radius 3 is 1.87 bits per heavy atom. The minimum atomic E-state index is -1.32. The number of aliphatic carboxylic acids is 1. The Kier molecular flexibility index (Phi) is 10.9. The predicted molar refractivity (Wildman–Crippen MR) is 167 cm³/mol. The van der Waals surface area contributed by atoms with Gasteiger partial charge in [0.25, 0.3) is 0 Å². The third-order valence-electron chi connectivity index (χ3n) is 7.46. The first-order valence-electron chi connectivity index (χ1n) is 14.5. The number of carboxylic acids is 1. The summed E-state index contributed by atoms with van der Waals surface area (Å²) >= 11 is 0. The van der Waals surface area contributed by atoms with E-state index >= 15 is 0 Å². The second-order valence-electron chi connectivity index (χ2n) is 10.9. The fraction of sp³-hybridized carbons (Fsp3) is 0.273. The molecule has 0 aliphatic rings. The lowest BCUT2D eigenvalue weighted by Crippen LogP contribution is -2.59. The zero-order valence-electron chi connectivity index (χ0n) is 24.6. The molecule has 5 atom stereocenters. The maximum atomic E-state index is 13.7. The number of rotatable bonds is 14. The summed E-state index contributed by atoms with van der Waals surface area (Å²) in [5.41, 5.74) is 8.61. The van der Waals surface area contributed by atoms with E-state index in [1.54, 1.807) is 48.7 Å². The summed E-state index contributed by atoms with van der Waals surface area (Å²) in [6.07, 6.45) is 0.503. The summed E-state index contributed by atoms with van der Waals surface area (Å²) in [7, 11) is 0. The molecule has 0 radical (unpaired) electrons. The van der Waals surface area contributed by atoms with Gasteiger partial charge in [0.15, 0.2) is 0 Å². The summed E-state index contributed by atoms with van der Waals surface area (Å²) in [4.78, 5) is 55.5. The number of hydrogen-bond donors (Lipinski definition) is 8. The quantitative estimate of drug-likeness (QED) is 0.103. The number of nitrogens with two attached hydrogens (primary N) is 1. The Bertz CT molecular complexity index is 1620. The molecule has 12 heteroatoms. The van der Waals surface area contributed by atoms with Gasteiger partial charge in [-0.05, 0) is 41.8 Å². The SMILES string of the molecule is CC(O)C(N)C(=O)NC(Cc1ccccc1)C(=O)NC(Cc1ccc(O)cc1)C(=O)NC(Cc1c[nH]c2ccccc12)C(=O)O. The molecule has 236 valence electrons. The molecule has 0 saturated heterocycles. The highest BCUT2D eigenvalue weighted by Crippen LogP contribution is 2.19. The topological polar surface area (TPSA) is 207 Å². The van der Waals surface area contributed by atoms with Crippen LogP contribution in [0.25, 0.3) is 10.9 Å². The number of phenols is 1. The van der Waals surface area contributed by atoms with Gasteiger partial charge in [-0.2, -0.15) is 0 Å². The first-order valence-corrected chi connectivity index (χ1v) is 14.5. The van der Waals surface area contributed by atoms with Crippen LogP contribution in [-0.2, 0) is 38.4 Å². The fourth-order valence-corrected chi connectivity index (χ4v) is 4.89. The molecule has 9 N–H and O–H groups in total. The molecule has 5 unspecified atom stereocenters. The van der Waals surface area contributed by atoms with E-state index in [1.165, 1.54) is 19.1 Å². The van der Waals surface area contributed by atoms with Crippen molar-refractivity contribution in [3.8, 4) is 5.75 Å². The smallest absolute Gasteiger partial charge is 0.326 e. The Labute approximate surface area is 259 Å². The third-order valence-corrected chi connectivity index (χ3v) is 7.46. The number of aromatic nitrogens is 1. The molecule has 0 saturated carbocycles. The van der Waals surface area contributed by atoms with Crippen LogP contribution in [0.3, 0.4) is 0 Å². The number of hydrogen-bond acceptors (Lipinski definition) is 7. The van der Waals surface area contributed by atoms with Crippen LogP contribution in [0.1, 0.15) is 23.6 Å². The molecule has 3 amide bonds. The molecule has 12 nitrogen and oxygen atoms in total. The lowest BCUT2D eigenvalue weighted by molar-refractivity contribution is -0.142. The number of aromatic amines is 1. The fourth-order valence-electron chi connectivity index (χ4n) is 4.89. The number of aliphatic hydroxyl groups is 1. The van der Waals surface area contributed by atoms with Gasteiger partial charge in [-0.1, -0.05) is 60.7 Å². The summed E-state index contributed by atoms with van der Waals surface area (Å²) in [6.45, 7) is 1.35. The molecule has 45 heavy (non-hydrogen) atoms. The summed E-state index contributed by atoms with van der Waals surface area (Å²) in [5, 5.41) is 38.2. The number of carboxylic acid groups (broad SMARTS) is 1. The minimum Gasteiger partial charge on any atom is -0.508 e. The number of aliphatic hydroxyl groups excluding tert-OH is 1. The Morgan fingerprint density at radius 2 is 1.27 bits per heavy atom. The van der Waals surface area contributed by atoms with Gasteiger partial charge in [0.1, 0.15) is 29.9 Å². The monoisotopic (exact) mass is 615 g/mol. The van der Waals surface area contributed by atoms with Crippen LogP contribution in [0.4, 0.5) is 0 Å². The predicted octanol–water partition coefficient (Wildman–Crippen LogP) is 1.15. The highest BCUT2D eigenvalue weighted by molar-refractivity contribution is 5.94.